The largest absolute Gasteiger partial charge is 0.395 e. The van der Waals surface area contributed by atoms with Crippen molar-refractivity contribution in [3.63, 3.8) is 0 Å². The van der Waals surface area contributed by atoms with E-state index in [1.807, 2.05) is 0 Å². The molecule has 15 heavy (non-hydrogen) atoms. The summed E-state index contributed by atoms with van der Waals surface area (Å²) in [6.45, 7) is -0.313. The van der Waals surface area contributed by atoms with Crippen LogP contribution in [0.15, 0.2) is 0 Å². The molecule has 88 valence electrons. The number of alkyl halides is 3. The fourth-order valence-electron chi connectivity index (χ4n) is 2.12. The average Bonchev–Trinajstić information content (AvgIpc) is 2.79. The Kier molecular flexibility index (Phi) is 2.45. The molecule has 2 heterocycles. The lowest BCUT2D eigenvalue weighted by Gasteiger charge is -2.34. The normalized spacial score (nSPS) is 45.0. The summed E-state index contributed by atoms with van der Waals surface area (Å²) in [6, 6.07) is -0.541. The van der Waals surface area contributed by atoms with Crippen LogP contribution in [0.2, 0.25) is 0 Å². The number of piperidine rings is 1. The number of hydrogen-bond acceptors (Lipinski definition) is 4. The fraction of sp³-hybridized carbons (Fsp3) is 1.00. The number of aliphatic hydroxyl groups is 2. The average molecular weight is 227 g/mol. The van der Waals surface area contributed by atoms with Crippen LogP contribution in [-0.4, -0.2) is 47.0 Å². The summed E-state index contributed by atoms with van der Waals surface area (Å²) < 4.78 is 41.5. The van der Waals surface area contributed by atoms with Crippen molar-refractivity contribution in [3.8, 4) is 0 Å². The molecule has 4 nitrogen and oxygen atoms in total. The Morgan fingerprint density at radius 1 is 1.47 bits per heavy atom. The van der Waals surface area contributed by atoms with E-state index in [4.69, 9.17) is 9.84 Å². The SMILES string of the molecule is OCC1CC(O)(CC(F)(F)F)C2OC2N1. The van der Waals surface area contributed by atoms with Gasteiger partial charge in [0, 0.05) is 6.04 Å². The molecule has 2 saturated heterocycles. The van der Waals surface area contributed by atoms with E-state index in [2.05, 4.69) is 5.32 Å². The fourth-order valence-corrected chi connectivity index (χ4v) is 2.12. The van der Waals surface area contributed by atoms with E-state index in [1.165, 1.54) is 0 Å². The van der Waals surface area contributed by atoms with Crippen molar-refractivity contribution < 1.29 is 28.1 Å². The summed E-state index contributed by atoms with van der Waals surface area (Å²) in [5.74, 6) is 0. The van der Waals surface area contributed by atoms with Gasteiger partial charge in [0.25, 0.3) is 0 Å². The van der Waals surface area contributed by atoms with E-state index in [1.54, 1.807) is 0 Å². The molecule has 0 radical (unpaired) electrons. The predicted molar refractivity (Wildman–Crippen MR) is 42.9 cm³/mol. The Labute approximate surface area is 84.0 Å². The summed E-state index contributed by atoms with van der Waals surface area (Å²) >= 11 is 0. The third-order valence-corrected chi connectivity index (χ3v) is 2.75. The molecule has 0 spiro atoms. The summed E-state index contributed by atoms with van der Waals surface area (Å²) in [6.07, 6.45) is -7.23. The molecule has 0 aromatic carbocycles. The highest BCUT2D eigenvalue weighted by Crippen LogP contribution is 2.44. The van der Waals surface area contributed by atoms with E-state index in [0.29, 0.717) is 0 Å². The van der Waals surface area contributed by atoms with Crippen molar-refractivity contribution in [1.82, 2.24) is 5.32 Å². The summed E-state index contributed by atoms with van der Waals surface area (Å²) in [7, 11) is 0. The molecule has 2 fully saturated rings. The van der Waals surface area contributed by atoms with Gasteiger partial charge in [-0.3, -0.25) is 5.32 Å². The molecule has 0 aromatic heterocycles. The molecule has 2 aliphatic heterocycles. The Balaban J connectivity index is 2.06. The number of fused-ring (bicyclic) bond motifs is 1. The lowest BCUT2D eigenvalue weighted by Crippen LogP contribution is -2.54. The van der Waals surface area contributed by atoms with Crippen LogP contribution in [-0.2, 0) is 4.74 Å². The van der Waals surface area contributed by atoms with Crippen LogP contribution >= 0.6 is 0 Å². The van der Waals surface area contributed by atoms with Crippen LogP contribution in [0.4, 0.5) is 13.2 Å². The van der Waals surface area contributed by atoms with E-state index in [9.17, 15) is 18.3 Å². The van der Waals surface area contributed by atoms with Crippen molar-refractivity contribution in [2.45, 2.75) is 43.0 Å². The summed E-state index contributed by atoms with van der Waals surface area (Å²) in [5.41, 5.74) is -1.90. The van der Waals surface area contributed by atoms with Crippen LogP contribution in [0.3, 0.4) is 0 Å². The van der Waals surface area contributed by atoms with Gasteiger partial charge in [0.2, 0.25) is 0 Å². The van der Waals surface area contributed by atoms with Crippen LogP contribution in [0, 0.1) is 0 Å². The number of aliphatic hydroxyl groups excluding tert-OH is 1. The van der Waals surface area contributed by atoms with Crippen LogP contribution in [0.5, 0.6) is 0 Å². The first-order valence-electron chi connectivity index (χ1n) is 4.65. The molecular weight excluding hydrogens is 215 g/mol. The van der Waals surface area contributed by atoms with Gasteiger partial charge in [-0.05, 0) is 6.42 Å². The first-order chi connectivity index (χ1) is 6.84. The standard InChI is InChI=1S/C8H12F3NO3/c9-8(10,11)3-7(14)1-4(2-13)12-6-5(7)15-6/h4-6,12-14H,1-3H2. The maximum atomic E-state index is 12.2. The highest BCUT2D eigenvalue weighted by molar-refractivity contribution is 5.08. The van der Waals surface area contributed by atoms with E-state index in [0.717, 1.165) is 0 Å². The number of epoxide rings is 1. The number of hydrogen-bond donors (Lipinski definition) is 3. The molecule has 0 bridgehead atoms. The molecule has 0 saturated carbocycles. The maximum Gasteiger partial charge on any atom is 0.391 e. The molecule has 2 rings (SSSR count). The van der Waals surface area contributed by atoms with Crippen molar-refractivity contribution in [2.24, 2.45) is 0 Å². The zero-order chi connectivity index (χ0) is 11.3. The van der Waals surface area contributed by atoms with Gasteiger partial charge in [0.1, 0.15) is 17.9 Å². The predicted octanol–water partition coefficient (Wildman–Crippen LogP) is -0.251. The minimum absolute atomic E-state index is 0.149. The molecule has 7 heteroatoms. The number of ether oxygens (including phenoxy) is 1. The monoisotopic (exact) mass is 227 g/mol. The Morgan fingerprint density at radius 3 is 2.67 bits per heavy atom. The van der Waals surface area contributed by atoms with Gasteiger partial charge in [0.15, 0.2) is 0 Å². The number of halogens is 3. The highest BCUT2D eigenvalue weighted by atomic mass is 19.4. The Hall–Kier alpha value is -0.370. The van der Waals surface area contributed by atoms with Gasteiger partial charge in [-0.1, -0.05) is 0 Å². The zero-order valence-corrected chi connectivity index (χ0v) is 7.79. The lowest BCUT2D eigenvalue weighted by molar-refractivity contribution is -0.185. The quantitative estimate of drug-likeness (QED) is 0.569. The molecule has 0 aliphatic carbocycles. The van der Waals surface area contributed by atoms with Gasteiger partial charge in [-0.2, -0.15) is 13.2 Å². The van der Waals surface area contributed by atoms with Crippen LogP contribution < -0.4 is 5.32 Å². The summed E-state index contributed by atoms with van der Waals surface area (Å²) in [5, 5.41) is 21.5. The van der Waals surface area contributed by atoms with Gasteiger partial charge in [-0.25, -0.2) is 0 Å². The van der Waals surface area contributed by atoms with Gasteiger partial charge in [0.05, 0.1) is 13.0 Å². The minimum atomic E-state index is -4.43. The van der Waals surface area contributed by atoms with Crippen LogP contribution in [0.1, 0.15) is 12.8 Å². The zero-order valence-electron chi connectivity index (χ0n) is 7.79. The molecule has 0 aromatic rings. The summed E-state index contributed by atoms with van der Waals surface area (Å²) in [4.78, 5) is 0. The Morgan fingerprint density at radius 2 is 2.13 bits per heavy atom. The van der Waals surface area contributed by atoms with Gasteiger partial charge >= 0.3 is 6.18 Å². The third kappa shape index (κ3) is 2.25. The van der Waals surface area contributed by atoms with E-state index >= 15 is 0 Å². The minimum Gasteiger partial charge on any atom is -0.395 e. The van der Waals surface area contributed by atoms with Crippen molar-refractivity contribution in [2.75, 3.05) is 6.61 Å². The topological polar surface area (TPSA) is 65.0 Å². The molecule has 0 amide bonds. The van der Waals surface area contributed by atoms with Gasteiger partial charge in [-0.15, -0.1) is 0 Å². The highest BCUT2D eigenvalue weighted by Gasteiger charge is 2.61. The lowest BCUT2D eigenvalue weighted by atomic mass is 9.84. The number of nitrogens with one attached hydrogen (secondary N) is 1. The molecule has 3 N–H and O–H groups in total. The molecule has 4 unspecified atom stereocenters. The van der Waals surface area contributed by atoms with E-state index in [-0.39, 0.29) is 13.0 Å². The second-order valence-electron chi connectivity index (χ2n) is 4.12. The second-order valence-corrected chi connectivity index (χ2v) is 4.12. The molecule has 2 aliphatic rings. The smallest absolute Gasteiger partial charge is 0.391 e. The molecular formula is C8H12F3NO3. The van der Waals surface area contributed by atoms with Crippen LogP contribution in [0.25, 0.3) is 0 Å². The molecule has 4 atom stereocenters. The third-order valence-electron chi connectivity index (χ3n) is 2.75. The Bertz CT molecular complexity index is 260. The van der Waals surface area contributed by atoms with E-state index < -0.39 is 36.6 Å². The second kappa shape index (κ2) is 3.31. The first kappa shape index (κ1) is 11.1. The maximum absolute atomic E-state index is 12.2. The van der Waals surface area contributed by atoms with Crippen molar-refractivity contribution in [3.05, 3.63) is 0 Å². The van der Waals surface area contributed by atoms with Gasteiger partial charge < -0.3 is 14.9 Å². The first-order valence-corrected chi connectivity index (χ1v) is 4.65. The van der Waals surface area contributed by atoms with Crippen molar-refractivity contribution in [1.29, 1.82) is 0 Å². The number of rotatable bonds is 2. The van der Waals surface area contributed by atoms with Crippen molar-refractivity contribution >= 4 is 0 Å².